The number of nitrogen functional groups attached to an aromatic ring is 1. The third-order valence-electron chi connectivity index (χ3n) is 3.61. The molecule has 1 unspecified atom stereocenters. The molecule has 8 heteroatoms. The molecule has 1 saturated heterocycles. The molecule has 0 saturated carbocycles. The maximum atomic E-state index is 12.6. The first-order valence-electron chi connectivity index (χ1n) is 6.64. The lowest BCUT2D eigenvalue weighted by molar-refractivity contribution is -0.384. The van der Waals surface area contributed by atoms with Gasteiger partial charge in [0.15, 0.2) is 0 Å². The Morgan fingerprint density at radius 1 is 1.57 bits per heavy atom. The Morgan fingerprint density at radius 2 is 2.33 bits per heavy atom. The highest BCUT2D eigenvalue weighted by Gasteiger charge is 2.28. The molecule has 1 aromatic carbocycles. The number of piperidine rings is 1. The Balaban J connectivity index is 2.30. The van der Waals surface area contributed by atoms with Gasteiger partial charge in [-0.1, -0.05) is 6.07 Å². The lowest BCUT2D eigenvalue weighted by Gasteiger charge is -2.32. The van der Waals surface area contributed by atoms with Crippen LogP contribution in [0.3, 0.4) is 0 Å². The van der Waals surface area contributed by atoms with E-state index in [9.17, 15) is 14.9 Å². The van der Waals surface area contributed by atoms with E-state index in [1.165, 1.54) is 18.2 Å². The molecule has 1 atom stereocenters. The number of rotatable bonds is 4. The summed E-state index contributed by atoms with van der Waals surface area (Å²) in [6.45, 7) is 1.08. The van der Waals surface area contributed by atoms with Gasteiger partial charge in [-0.2, -0.15) is 0 Å². The fraction of sp³-hybridized carbons (Fsp3) is 0.462. The zero-order valence-electron chi connectivity index (χ0n) is 11.7. The molecular weight excluding hydrogens is 276 g/mol. The Morgan fingerprint density at radius 3 is 2.95 bits per heavy atom. The van der Waals surface area contributed by atoms with E-state index in [0.717, 1.165) is 12.8 Å². The first-order chi connectivity index (χ1) is 10.1. The summed E-state index contributed by atoms with van der Waals surface area (Å²) in [5.41, 5.74) is 2.28. The summed E-state index contributed by atoms with van der Waals surface area (Å²) in [5.74, 6) is 5.08. The van der Waals surface area contributed by atoms with Crippen LogP contribution >= 0.6 is 0 Å². The van der Waals surface area contributed by atoms with E-state index in [1.807, 2.05) is 0 Å². The van der Waals surface area contributed by atoms with Crippen molar-refractivity contribution in [2.24, 2.45) is 5.84 Å². The van der Waals surface area contributed by atoms with Crippen molar-refractivity contribution in [2.45, 2.75) is 18.9 Å². The topological polar surface area (TPSA) is 111 Å². The van der Waals surface area contributed by atoms with Gasteiger partial charge in [0.2, 0.25) is 0 Å². The first-order valence-corrected chi connectivity index (χ1v) is 6.64. The van der Waals surface area contributed by atoms with Crippen molar-refractivity contribution in [3.63, 3.8) is 0 Å². The number of anilines is 1. The highest BCUT2D eigenvalue weighted by atomic mass is 16.6. The molecule has 0 aliphatic carbocycles. The van der Waals surface area contributed by atoms with Gasteiger partial charge in [-0.25, -0.2) is 0 Å². The molecule has 1 aliphatic rings. The second kappa shape index (κ2) is 6.51. The second-order valence-corrected chi connectivity index (χ2v) is 4.85. The van der Waals surface area contributed by atoms with Gasteiger partial charge in [0.25, 0.3) is 11.6 Å². The van der Waals surface area contributed by atoms with Crippen molar-refractivity contribution < 1.29 is 14.5 Å². The number of para-hydroxylation sites is 1. The lowest BCUT2D eigenvalue weighted by Crippen LogP contribution is -2.43. The smallest absolute Gasteiger partial charge is 0.294 e. The SMILES string of the molecule is COC1CCCN(C(=O)c2cccc([N+](=O)[O-])c2NN)C1. The van der Waals surface area contributed by atoms with Gasteiger partial charge in [-0.05, 0) is 18.9 Å². The van der Waals surface area contributed by atoms with Gasteiger partial charge >= 0.3 is 0 Å². The monoisotopic (exact) mass is 294 g/mol. The highest BCUT2D eigenvalue weighted by molar-refractivity contribution is 6.01. The summed E-state index contributed by atoms with van der Waals surface area (Å²) >= 11 is 0. The zero-order chi connectivity index (χ0) is 15.4. The van der Waals surface area contributed by atoms with Crippen LogP contribution in [-0.2, 0) is 4.74 Å². The second-order valence-electron chi connectivity index (χ2n) is 4.85. The molecule has 2 rings (SSSR count). The third kappa shape index (κ3) is 3.11. The molecule has 114 valence electrons. The number of hydrogen-bond donors (Lipinski definition) is 2. The van der Waals surface area contributed by atoms with E-state index in [1.54, 1.807) is 12.0 Å². The van der Waals surface area contributed by atoms with Crippen LogP contribution in [0.4, 0.5) is 11.4 Å². The Hall–Kier alpha value is -2.19. The minimum atomic E-state index is -0.569. The lowest BCUT2D eigenvalue weighted by atomic mass is 10.1. The summed E-state index contributed by atoms with van der Waals surface area (Å²) in [7, 11) is 1.61. The van der Waals surface area contributed by atoms with Gasteiger partial charge in [-0.3, -0.25) is 20.8 Å². The van der Waals surface area contributed by atoms with Crippen LogP contribution < -0.4 is 11.3 Å². The summed E-state index contributed by atoms with van der Waals surface area (Å²) in [5, 5.41) is 11.0. The van der Waals surface area contributed by atoms with Crippen LogP contribution in [0.15, 0.2) is 18.2 Å². The number of likely N-dealkylation sites (tertiary alicyclic amines) is 1. The van der Waals surface area contributed by atoms with Crippen LogP contribution in [0.25, 0.3) is 0 Å². The maximum absolute atomic E-state index is 12.6. The average molecular weight is 294 g/mol. The van der Waals surface area contributed by atoms with Crippen molar-refractivity contribution in [3.8, 4) is 0 Å². The summed E-state index contributed by atoms with van der Waals surface area (Å²) < 4.78 is 5.28. The number of carbonyl (C=O) groups is 1. The van der Waals surface area contributed by atoms with Crippen LogP contribution in [-0.4, -0.2) is 42.0 Å². The van der Waals surface area contributed by atoms with Crippen molar-refractivity contribution >= 4 is 17.3 Å². The summed E-state index contributed by atoms with van der Waals surface area (Å²) in [6, 6.07) is 4.31. The summed E-state index contributed by atoms with van der Waals surface area (Å²) in [6.07, 6.45) is 1.73. The summed E-state index contributed by atoms with van der Waals surface area (Å²) in [4.78, 5) is 24.6. The number of nitrogens with one attached hydrogen (secondary N) is 1. The normalized spacial score (nSPS) is 18.4. The molecule has 21 heavy (non-hydrogen) atoms. The molecule has 1 amide bonds. The van der Waals surface area contributed by atoms with Gasteiger partial charge in [0.05, 0.1) is 16.6 Å². The van der Waals surface area contributed by atoms with Crippen LogP contribution in [0.5, 0.6) is 0 Å². The molecule has 8 nitrogen and oxygen atoms in total. The number of nitrogens with two attached hydrogens (primary N) is 1. The minimum absolute atomic E-state index is 0.00400. The van der Waals surface area contributed by atoms with Crippen LogP contribution in [0, 0.1) is 10.1 Å². The Labute approximate surface area is 122 Å². The largest absolute Gasteiger partial charge is 0.380 e. The predicted octanol–water partition coefficient (Wildman–Crippen LogP) is 1.13. The fourth-order valence-electron chi connectivity index (χ4n) is 2.51. The molecule has 0 radical (unpaired) electrons. The molecule has 1 aromatic rings. The van der Waals surface area contributed by atoms with E-state index in [-0.39, 0.29) is 28.9 Å². The van der Waals surface area contributed by atoms with Crippen molar-refractivity contribution in [3.05, 3.63) is 33.9 Å². The Kier molecular flexibility index (Phi) is 4.71. The number of hydrazine groups is 1. The number of hydrogen-bond acceptors (Lipinski definition) is 6. The molecule has 1 fully saturated rings. The third-order valence-corrected chi connectivity index (χ3v) is 3.61. The number of nitro groups is 1. The molecule has 1 heterocycles. The van der Waals surface area contributed by atoms with Crippen LogP contribution in [0.1, 0.15) is 23.2 Å². The van der Waals surface area contributed by atoms with E-state index in [2.05, 4.69) is 5.43 Å². The van der Waals surface area contributed by atoms with E-state index >= 15 is 0 Å². The Bertz CT molecular complexity index is 549. The fourth-order valence-corrected chi connectivity index (χ4v) is 2.51. The van der Waals surface area contributed by atoms with Crippen molar-refractivity contribution in [2.75, 3.05) is 25.6 Å². The number of nitrogens with zero attached hydrogens (tertiary/aromatic N) is 2. The molecular formula is C13H18N4O4. The van der Waals surface area contributed by atoms with E-state index in [4.69, 9.17) is 10.6 Å². The quantitative estimate of drug-likeness (QED) is 0.489. The molecule has 0 spiro atoms. The minimum Gasteiger partial charge on any atom is -0.380 e. The van der Waals surface area contributed by atoms with Crippen molar-refractivity contribution in [1.29, 1.82) is 0 Å². The molecule has 0 bridgehead atoms. The number of benzene rings is 1. The number of ether oxygens (including phenoxy) is 1. The molecule has 1 aliphatic heterocycles. The predicted molar refractivity (Wildman–Crippen MR) is 76.8 cm³/mol. The van der Waals surface area contributed by atoms with Gasteiger partial charge in [0, 0.05) is 26.3 Å². The van der Waals surface area contributed by atoms with Crippen LogP contribution in [0.2, 0.25) is 0 Å². The molecule has 3 N–H and O–H groups in total. The number of amides is 1. The van der Waals surface area contributed by atoms with Gasteiger partial charge in [-0.15, -0.1) is 0 Å². The number of carbonyl (C=O) groups excluding carboxylic acids is 1. The standard InChI is InChI=1S/C13H18N4O4/c1-21-9-4-3-7-16(8-9)13(18)10-5-2-6-11(17(19)20)12(10)15-14/h2,5-6,9,15H,3-4,7-8,14H2,1H3. The first kappa shape index (κ1) is 15.2. The highest BCUT2D eigenvalue weighted by Crippen LogP contribution is 2.29. The van der Waals surface area contributed by atoms with Crippen molar-refractivity contribution in [1.82, 2.24) is 4.90 Å². The maximum Gasteiger partial charge on any atom is 0.294 e. The molecule has 0 aromatic heterocycles. The van der Waals surface area contributed by atoms with E-state index < -0.39 is 4.92 Å². The van der Waals surface area contributed by atoms with Gasteiger partial charge in [0.1, 0.15) is 5.69 Å². The van der Waals surface area contributed by atoms with Gasteiger partial charge < -0.3 is 15.1 Å². The van der Waals surface area contributed by atoms with E-state index in [0.29, 0.717) is 13.1 Å². The average Bonchev–Trinajstić information content (AvgIpc) is 2.53. The number of nitro benzene ring substituents is 1. The zero-order valence-corrected chi connectivity index (χ0v) is 11.7. The number of methoxy groups -OCH3 is 1.